The first-order chi connectivity index (χ1) is 7.61. The van der Waals surface area contributed by atoms with Gasteiger partial charge in [0.25, 0.3) is 0 Å². The fourth-order valence-corrected chi connectivity index (χ4v) is 1.26. The van der Waals surface area contributed by atoms with E-state index < -0.39 is 0 Å². The third-order valence-corrected chi connectivity index (χ3v) is 2.26. The van der Waals surface area contributed by atoms with Gasteiger partial charge in [-0.25, -0.2) is 0 Å². The summed E-state index contributed by atoms with van der Waals surface area (Å²) < 4.78 is 5.02. The van der Waals surface area contributed by atoms with Crippen molar-refractivity contribution in [3.63, 3.8) is 0 Å². The number of aromatic hydroxyl groups is 1. The molecule has 2 N–H and O–H groups in total. The van der Waals surface area contributed by atoms with Gasteiger partial charge in [0.05, 0.1) is 12.5 Å². The highest BCUT2D eigenvalue weighted by Crippen LogP contribution is 2.11. The summed E-state index contributed by atoms with van der Waals surface area (Å²) in [4.78, 5) is 11.5. The minimum Gasteiger partial charge on any atom is -0.508 e. The van der Waals surface area contributed by atoms with Crippen molar-refractivity contribution in [2.75, 3.05) is 13.7 Å². The van der Waals surface area contributed by atoms with Gasteiger partial charge >= 0.3 is 0 Å². The Labute approximate surface area is 95.2 Å². The van der Waals surface area contributed by atoms with Crippen LogP contribution in [0.5, 0.6) is 5.75 Å². The number of carbonyl (C=O) groups excluding carboxylic acids is 1. The highest BCUT2D eigenvalue weighted by molar-refractivity contribution is 5.78. The monoisotopic (exact) mass is 223 g/mol. The van der Waals surface area contributed by atoms with Crippen molar-refractivity contribution in [3.8, 4) is 5.75 Å². The molecule has 16 heavy (non-hydrogen) atoms. The molecule has 0 spiro atoms. The maximum Gasteiger partial charge on any atom is 0.224 e. The van der Waals surface area contributed by atoms with Crippen LogP contribution in [0, 0.1) is 0 Å². The van der Waals surface area contributed by atoms with Crippen molar-refractivity contribution in [3.05, 3.63) is 29.8 Å². The molecule has 88 valence electrons. The van der Waals surface area contributed by atoms with Crippen molar-refractivity contribution >= 4 is 5.91 Å². The molecular formula is C12H17NO3. The summed E-state index contributed by atoms with van der Waals surface area (Å²) >= 11 is 0. The number of ether oxygens (including phenoxy) is 1. The van der Waals surface area contributed by atoms with Crippen LogP contribution in [-0.4, -0.2) is 30.8 Å². The molecule has 0 bridgehead atoms. The molecule has 1 amide bonds. The summed E-state index contributed by atoms with van der Waals surface area (Å²) in [6, 6.07) is 6.68. The van der Waals surface area contributed by atoms with E-state index in [1.54, 1.807) is 31.4 Å². The molecule has 0 saturated heterocycles. The van der Waals surface area contributed by atoms with Crippen molar-refractivity contribution in [2.24, 2.45) is 0 Å². The number of hydrogen-bond acceptors (Lipinski definition) is 3. The average Bonchev–Trinajstić information content (AvgIpc) is 2.26. The minimum absolute atomic E-state index is 0.00752. The maximum absolute atomic E-state index is 11.5. The van der Waals surface area contributed by atoms with Gasteiger partial charge in [0.1, 0.15) is 5.75 Å². The molecule has 0 radical (unpaired) electrons. The van der Waals surface area contributed by atoms with Crippen molar-refractivity contribution < 1.29 is 14.6 Å². The molecule has 0 aromatic heterocycles. The van der Waals surface area contributed by atoms with Crippen LogP contribution in [0.2, 0.25) is 0 Å². The summed E-state index contributed by atoms with van der Waals surface area (Å²) in [6.07, 6.45) is 0.276. The number of benzene rings is 1. The lowest BCUT2D eigenvalue weighted by Gasteiger charge is -2.10. The smallest absolute Gasteiger partial charge is 0.224 e. The van der Waals surface area contributed by atoms with Crippen molar-refractivity contribution in [1.82, 2.24) is 5.32 Å². The second-order valence-corrected chi connectivity index (χ2v) is 3.70. The number of methoxy groups -OCH3 is 1. The molecule has 0 aliphatic rings. The normalized spacial score (nSPS) is 12.1. The second kappa shape index (κ2) is 6.12. The Hall–Kier alpha value is -1.55. The number of hydrogen-bond donors (Lipinski definition) is 2. The Morgan fingerprint density at radius 1 is 1.56 bits per heavy atom. The zero-order chi connectivity index (χ0) is 12.0. The van der Waals surface area contributed by atoms with E-state index in [0.717, 1.165) is 5.56 Å². The molecule has 1 aromatic rings. The Morgan fingerprint density at radius 3 is 2.94 bits per heavy atom. The van der Waals surface area contributed by atoms with Crippen LogP contribution in [0.15, 0.2) is 24.3 Å². The van der Waals surface area contributed by atoms with E-state index in [9.17, 15) is 9.90 Å². The number of phenols is 1. The number of rotatable bonds is 5. The van der Waals surface area contributed by atoms with Gasteiger partial charge in [-0.1, -0.05) is 12.1 Å². The molecule has 4 nitrogen and oxygen atoms in total. The standard InChI is InChI=1S/C12H17NO3/c1-9(16-2)8-13-12(15)7-10-4-3-5-11(14)6-10/h3-6,9,14H,7-8H2,1-2H3,(H,13,15). The summed E-state index contributed by atoms with van der Waals surface area (Å²) in [5.74, 6) is 0.102. The highest BCUT2D eigenvalue weighted by atomic mass is 16.5. The Morgan fingerprint density at radius 2 is 2.31 bits per heavy atom. The summed E-state index contributed by atoms with van der Waals surface area (Å²) in [5.41, 5.74) is 0.794. The van der Waals surface area contributed by atoms with E-state index in [2.05, 4.69) is 5.32 Å². The van der Waals surface area contributed by atoms with Gasteiger partial charge in [-0.05, 0) is 24.6 Å². The van der Waals surface area contributed by atoms with Crippen molar-refractivity contribution in [1.29, 1.82) is 0 Å². The molecule has 1 unspecified atom stereocenters. The average molecular weight is 223 g/mol. The summed E-state index contributed by atoms with van der Waals surface area (Å²) in [7, 11) is 1.60. The van der Waals surface area contributed by atoms with Crippen molar-refractivity contribution in [2.45, 2.75) is 19.4 Å². The SMILES string of the molecule is COC(C)CNC(=O)Cc1cccc(O)c1. The first-order valence-electron chi connectivity index (χ1n) is 5.19. The number of carbonyl (C=O) groups is 1. The molecule has 1 atom stereocenters. The molecule has 1 rings (SSSR count). The highest BCUT2D eigenvalue weighted by Gasteiger charge is 2.05. The molecule has 0 heterocycles. The fourth-order valence-electron chi connectivity index (χ4n) is 1.26. The van der Waals surface area contributed by atoms with Gasteiger partial charge in [0.15, 0.2) is 0 Å². The van der Waals surface area contributed by atoms with E-state index in [1.165, 1.54) is 0 Å². The third-order valence-electron chi connectivity index (χ3n) is 2.26. The lowest BCUT2D eigenvalue weighted by Crippen LogP contribution is -2.32. The Bertz CT molecular complexity index is 352. The minimum atomic E-state index is -0.0745. The van der Waals surface area contributed by atoms with Gasteiger partial charge in [-0.15, -0.1) is 0 Å². The van der Waals surface area contributed by atoms with E-state index in [0.29, 0.717) is 6.54 Å². The second-order valence-electron chi connectivity index (χ2n) is 3.70. The first kappa shape index (κ1) is 12.5. The van der Waals surface area contributed by atoms with Gasteiger partial charge in [0, 0.05) is 13.7 Å². The van der Waals surface area contributed by atoms with E-state index in [-0.39, 0.29) is 24.2 Å². The van der Waals surface area contributed by atoms with Crippen LogP contribution < -0.4 is 5.32 Å². The van der Waals surface area contributed by atoms with Crippen LogP contribution in [0.1, 0.15) is 12.5 Å². The zero-order valence-corrected chi connectivity index (χ0v) is 9.56. The summed E-state index contributed by atoms with van der Waals surface area (Å²) in [5, 5.41) is 12.0. The Balaban J connectivity index is 2.40. The molecule has 0 fully saturated rings. The van der Waals surface area contributed by atoms with Gasteiger partial charge in [-0.3, -0.25) is 4.79 Å². The van der Waals surface area contributed by atoms with Crippen LogP contribution in [0.4, 0.5) is 0 Å². The van der Waals surface area contributed by atoms with E-state index in [4.69, 9.17) is 4.74 Å². The molecule has 0 aliphatic heterocycles. The lowest BCUT2D eigenvalue weighted by molar-refractivity contribution is -0.120. The summed E-state index contributed by atoms with van der Waals surface area (Å²) in [6.45, 7) is 2.38. The van der Waals surface area contributed by atoms with Gasteiger partial charge in [0.2, 0.25) is 5.91 Å². The van der Waals surface area contributed by atoms with Crippen LogP contribution in [-0.2, 0) is 16.0 Å². The third kappa shape index (κ3) is 4.31. The number of phenolic OH excluding ortho intramolecular Hbond substituents is 1. The molecule has 4 heteroatoms. The Kier molecular flexibility index (Phi) is 4.79. The van der Waals surface area contributed by atoms with Crippen LogP contribution >= 0.6 is 0 Å². The predicted octanol–water partition coefficient (Wildman–Crippen LogP) is 1.09. The van der Waals surface area contributed by atoms with E-state index >= 15 is 0 Å². The predicted molar refractivity (Wildman–Crippen MR) is 61.3 cm³/mol. The molecular weight excluding hydrogens is 206 g/mol. The zero-order valence-electron chi connectivity index (χ0n) is 9.56. The number of amides is 1. The lowest BCUT2D eigenvalue weighted by atomic mass is 10.1. The molecule has 0 aliphatic carbocycles. The molecule has 1 aromatic carbocycles. The van der Waals surface area contributed by atoms with Crippen LogP contribution in [0.25, 0.3) is 0 Å². The van der Waals surface area contributed by atoms with Gasteiger partial charge in [-0.2, -0.15) is 0 Å². The quantitative estimate of drug-likeness (QED) is 0.785. The topological polar surface area (TPSA) is 58.6 Å². The first-order valence-corrected chi connectivity index (χ1v) is 5.19. The number of nitrogens with one attached hydrogen (secondary N) is 1. The maximum atomic E-state index is 11.5. The molecule has 0 saturated carbocycles. The van der Waals surface area contributed by atoms with E-state index in [1.807, 2.05) is 6.92 Å². The van der Waals surface area contributed by atoms with Crippen LogP contribution in [0.3, 0.4) is 0 Å². The van der Waals surface area contributed by atoms with Gasteiger partial charge < -0.3 is 15.2 Å². The largest absolute Gasteiger partial charge is 0.508 e. The fraction of sp³-hybridized carbons (Fsp3) is 0.417.